The number of ether oxygens (including phenoxy) is 1. The van der Waals surface area contributed by atoms with Gasteiger partial charge in [0.2, 0.25) is 0 Å². The summed E-state index contributed by atoms with van der Waals surface area (Å²) in [6.45, 7) is 4.34. The van der Waals surface area contributed by atoms with Crippen molar-refractivity contribution in [2.75, 3.05) is 7.11 Å². The second-order valence-electron chi connectivity index (χ2n) is 7.11. The maximum absolute atomic E-state index is 11.9. The Kier molecular flexibility index (Phi) is 8.31. The van der Waals surface area contributed by atoms with Crippen LogP contribution in [0.4, 0.5) is 0 Å². The van der Waals surface area contributed by atoms with Gasteiger partial charge in [0.1, 0.15) is 5.38 Å². The summed E-state index contributed by atoms with van der Waals surface area (Å²) in [4.78, 5) is 11.9. The number of hydrogen-bond donors (Lipinski definition) is 1. The number of aliphatic carboxylic acids is 1. The van der Waals surface area contributed by atoms with E-state index in [9.17, 15) is 9.90 Å². The first-order valence-electron chi connectivity index (χ1n) is 9.92. The number of unbranched alkanes of at least 4 members (excludes halogenated alkanes) is 3. The van der Waals surface area contributed by atoms with E-state index in [0.717, 1.165) is 25.7 Å². The van der Waals surface area contributed by atoms with Gasteiger partial charge in [-0.2, -0.15) is 0 Å². The van der Waals surface area contributed by atoms with Crippen LogP contribution in [0.25, 0.3) is 0 Å². The molecule has 3 nitrogen and oxygen atoms in total. The highest BCUT2D eigenvalue weighted by molar-refractivity contribution is 7.06. The Morgan fingerprint density at radius 3 is 1.93 bits per heavy atom. The van der Waals surface area contributed by atoms with Crippen LogP contribution in [0.15, 0.2) is 77.4 Å². The number of methoxy groups -OCH3 is 1. The fraction of sp³-hybridized carbons (Fsp3) is 0.333. The average Bonchev–Trinajstić information content (AvgIpc) is 2.74. The van der Waals surface area contributed by atoms with Crippen LogP contribution < -0.4 is 10.4 Å². The Balaban J connectivity index is 2.61. The maximum atomic E-state index is 11.9. The van der Waals surface area contributed by atoms with Crippen molar-refractivity contribution >= 4 is 24.4 Å². The molecule has 148 valence electrons. The molecule has 0 bridgehead atoms. The average molecular weight is 395 g/mol. The summed E-state index contributed by atoms with van der Waals surface area (Å²) in [6, 6.07) is 20.4. The Bertz CT molecular complexity index is 782. The highest BCUT2D eigenvalue weighted by atomic mass is 28.3. The van der Waals surface area contributed by atoms with Gasteiger partial charge in [-0.05, 0) is 23.2 Å². The molecule has 0 aliphatic rings. The summed E-state index contributed by atoms with van der Waals surface area (Å²) in [7, 11) is -0.874. The second-order valence-corrected chi connectivity index (χ2v) is 11.0. The molecule has 0 fully saturated rings. The van der Waals surface area contributed by atoms with Gasteiger partial charge < -0.3 is 9.84 Å². The Morgan fingerprint density at radius 1 is 0.964 bits per heavy atom. The van der Waals surface area contributed by atoms with Crippen molar-refractivity contribution in [1.29, 1.82) is 0 Å². The third-order valence-corrected chi connectivity index (χ3v) is 9.38. The van der Waals surface area contributed by atoms with Gasteiger partial charge in [0.25, 0.3) is 0 Å². The van der Waals surface area contributed by atoms with Crippen molar-refractivity contribution in [2.45, 2.75) is 45.6 Å². The number of rotatable bonds is 10. The largest absolute Gasteiger partial charge is 0.497 e. The predicted molar refractivity (Wildman–Crippen MR) is 118 cm³/mol. The Morgan fingerprint density at radius 2 is 1.50 bits per heavy atom. The van der Waals surface area contributed by atoms with E-state index in [1.54, 1.807) is 7.11 Å². The summed E-state index contributed by atoms with van der Waals surface area (Å²) in [5.41, 5.74) is 3.50. The highest BCUT2D eigenvalue weighted by Crippen LogP contribution is 2.18. The molecule has 0 heterocycles. The van der Waals surface area contributed by atoms with Crippen LogP contribution in [-0.2, 0) is 9.53 Å². The normalized spacial score (nSPS) is 10.8. The molecule has 0 saturated heterocycles. The van der Waals surface area contributed by atoms with E-state index < -0.39 is 14.0 Å². The minimum atomic E-state index is -2.49. The lowest BCUT2D eigenvalue weighted by molar-refractivity contribution is -0.132. The van der Waals surface area contributed by atoms with Gasteiger partial charge in [-0.15, -0.1) is 0 Å². The first-order chi connectivity index (χ1) is 13.5. The van der Waals surface area contributed by atoms with E-state index in [0.29, 0.717) is 17.4 Å². The molecule has 0 unspecified atom stereocenters. The second kappa shape index (κ2) is 10.7. The molecular weight excluding hydrogens is 364 g/mol. The van der Waals surface area contributed by atoms with E-state index in [2.05, 4.69) is 43.5 Å². The van der Waals surface area contributed by atoms with E-state index in [1.165, 1.54) is 10.4 Å². The Hall–Kier alpha value is -2.55. The van der Waals surface area contributed by atoms with Crippen molar-refractivity contribution < 1.29 is 14.6 Å². The fourth-order valence-electron chi connectivity index (χ4n) is 3.44. The van der Waals surface area contributed by atoms with Crippen LogP contribution in [0.2, 0.25) is 6.55 Å². The minimum Gasteiger partial charge on any atom is -0.497 e. The van der Waals surface area contributed by atoms with Crippen LogP contribution in [0.1, 0.15) is 39.0 Å². The molecule has 0 aromatic heterocycles. The zero-order valence-electron chi connectivity index (χ0n) is 17.1. The van der Waals surface area contributed by atoms with Crippen molar-refractivity contribution in [3.63, 3.8) is 0 Å². The molecular formula is C24H30O3Si. The van der Waals surface area contributed by atoms with Crippen LogP contribution in [0.3, 0.4) is 0 Å². The van der Waals surface area contributed by atoms with Gasteiger partial charge in [0.05, 0.1) is 12.7 Å². The summed E-state index contributed by atoms with van der Waals surface area (Å²) >= 11 is 0. The monoisotopic (exact) mass is 394 g/mol. The standard InChI is InChI=1S/C24H30O3Si/c1-4-5-6-9-14-20(24(25)26)19-23(27-2)28(3,21-15-10-7-11-16-21)22-17-12-8-13-18-22/h7-8,10-13,15-18H,4-6,9,14H2,1-3H3,(H,25,26). The van der Waals surface area contributed by atoms with Crippen LogP contribution in [0.5, 0.6) is 0 Å². The number of carbonyl (C=O) groups is 1. The van der Waals surface area contributed by atoms with Crippen LogP contribution in [-0.4, -0.2) is 26.3 Å². The molecule has 2 rings (SSSR count). The van der Waals surface area contributed by atoms with Gasteiger partial charge >= 0.3 is 5.97 Å². The lowest BCUT2D eigenvalue weighted by Gasteiger charge is -2.29. The molecule has 2 aromatic carbocycles. The lowest BCUT2D eigenvalue weighted by Crippen LogP contribution is -2.57. The van der Waals surface area contributed by atoms with E-state index in [1.807, 2.05) is 36.4 Å². The SMILES string of the molecule is CCCCCCC(=C=C(OC)[Si](C)(c1ccccc1)c1ccccc1)C(=O)O. The summed E-state index contributed by atoms with van der Waals surface area (Å²) in [5.74, 6) is -0.913. The third-order valence-electron chi connectivity index (χ3n) is 5.16. The maximum Gasteiger partial charge on any atom is 0.339 e. The van der Waals surface area contributed by atoms with Crippen molar-refractivity contribution in [3.8, 4) is 0 Å². The van der Waals surface area contributed by atoms with Crippen LogP contribution >= 0.6 is 0 Å². The Labute approximate surface area is 169 Å². The third kappa shape index (κ3) is 5.25. The molecule has 4 heteroatoms. The lowest BCUT2D eigenvalue weighted by atomic mass is 10.1. The topological polar surface area (TPSA) is 46.5 Å². The molecule has 0 spiro atoms. The van der Waals surface area contributed by atoms with E-state index in [-0.39, 0.29) is 0 Å². The zero-order valence-corrected chi connectivity index (χ0v) is 18.1. The van der Waals surface area contributed by atoms with Gasteiger partial charge in [-0.25, -0.2) is 4.79 Å². The molecule has 0 amide bonds. The number of carboxylic acids is 1. The number of benzene rings is 2. The molecule has 0 radical (unpaired) electrons. The summed E-state index contributed by atoms with van der Waals surface area (Å²) in [6.07, 6.45) is 4.64. The van der Waals surface area contributed by atoms with Crippen LogP contribution in [0, 0.1) is 0 Å². The molecule has 1 N–H and O–H groups in total. The van der Waals surface area contributed by atoms with Gasteiger partial charge in [0, 0.05) is 0 Å². The number of carboxylic acid groups (broad SMARTS) is 1. The first-order valence-corrected chi connectivity index (χ1v) is 12.4. The van der Waals surface area contributed by atoms with Gasteiger partial charge in [0.15, 0.2) is 8.07 Å². The smallest absolute Gasteiger partial charge is 0.339 e. The first kappa shape index (κ1) is 21.7. The molecule has 0 atom stereocenters. The van der Waals surface area contributed by atoms with E-state index >= 15 is 0 Å². The number of hydrogen-bond acceptors (Lipinski definition) is 2. The van der Waals surface area contributed by atoms with Crippen molar-refractivity contribution in [3.05, 3.63) is 77.4 Å². The molecule has 0 aliphatic carbocycles. The zero-order chi connectivity index (χ0) is 20.4. The highest BCUT2D eigenvalue weighted by Gasteiger charge is 2.38. The van der Waals surface area contributed by atoms with Crippen molar-refractivity contribution in [1.82, 2.24) is 0 Å². The minimum absolute atomic E-state index is 0.304. The molecule has 0 saturated carbocycles. The van der Waals surface area contributed by atoms with Gasteiger partial charge in [-0.1, -0.05) is 99.1 Å². The molecule has 28 heavy (non-hydrogen) atoms. The van der Waals surface area contributed by atoms with E-state index in [4.69, 9.17) is 4.74 Å². The van der Waals surface area contributed by atoms with Crippen molar-refractivity contribution in [2.24, 2.45) is 0 Å². The molecule has 2 aromatic rings. The summed E-state index contributed by atoms with van der Waals surface area (Å²) in [5, 5.41) is 12.7. The predicted octanol–water partition coefficient (Wildman–Crippen LogP) is 4.53. The van der Waals surface area contributed by atoms with Gasteiger partial charge in [-0.3, -0.25) is 0 Å². The fourth-order valence-corrected chi connectivity index (χ4v) is 6.83. The quantitative estimate of drug-likeness (QED) is 0.212. The summed E-state index contributed by atoms with van der Waals surface area (Å²) < 4.78 is 5.82. The molecule has 0 aliphatic heterocycles.